The second kappa shape index (κ2) is 10.6. The van der Waals surface area contributed by atoms with Crippen LogP contribution >= 0.6 is 0 Å². The number of aromatic nitrogens is 5. The number of rotatable bonds is 6. The lowest BCUT2D eigenvalue weighted by molar-refractivity contribution is 0.0528. The molecule has 4 heterocycles. The molecule has 4 aromatic rings. The van der Waals surface area contributed by atoms with Gasteiger partial charge in [0.25, 0.3) is 5.91 Å². The lowest BCUT2D eigenvalue weighted by atomic mass is 10.1. The fraction of sp³-hybridized carbons (Fsp3) is 0.393. The fourth-order valence-corrected chi connectivity index (χ4v) is 5.23. The first kappa shape index (κ1) is 26.6. The molecule has 1 atom stereocenters. The molecule has 1 aliphatic heterocycles. The highest BCUT2D eigenvalue weighted by Gasteiger charge is 2.26. The molecule has 1 aromatic carbocycles. The molecule has 0 saturated carbocycles. The minimum Gasteiger partial charge on any atom is -0.336 e. The third kappa shape index (κ3) is 5.18. The number of hydrogen-bond acceptors (Lipinski definition) is 7. The van der Waals surface area contributed by atoms with Crippen LogP contribution in [0.2, 0.25) is 0 Å². The molecule has 1 amide bonds. The van der Waals surface area contributed by atoms with Gasteiger partial charge in [-0.25, -0.2) is 28.7 Å². The third-order valence-electron chi connectivity index (χ3n) is 7.17. The first-order valence-electron chi connectivity index (χ1n) is 13.1. The zero-order valence-corrected chi connectivity index (χ0v) is 22.7. The first-order chi connectivity index (χ1) is 18.7. The van der Waals surface area contributed by atoms with Crippen LogP contribution in [-0.4, -0.2) is 72.4 Å². The summed E-state index contributed by atoms with van der Waals surface area (Å²) in [7, 11) is 0. The molecular formula is C28H32F2N8O. The Balaban J connectivity index is 1.37. The van der Waals surface area contributed by atoms with Crippen molar-refractivity contribution < 1.29 is 13.6 Å². The number of benzene rings is 1. The zero-order valence-electron chi connectivity index (χ0n) is 22.7. The van der Waals surface area contributed by atoms with E-state index in [1.165, 1.54) is 12.3 Å². The van der Waals surface area contributed by atoms with Crippen LogP contribution in [-0.2, 0) is 0 Å². The summed E-state index contributed by atoms with van der Waals surface area (Å²) < 4.78 is 31.7. The molecule has 39 heavy (non-hydrogen) atoms. The maximum atomic E-state index is 15.0. The lowest BCUT2D eigenvalue weighted by Gasteiger charge is -2.39. The number of nitrogens with one attached hydrogen (secondary N) is 1. The number of carbonyl (C=O) groups is 1. The Morgan fingerprint density at radius 3 is 2.56 bits per heavy atom. The quantitative estimate of drug-likeness (QED) is 0.374. The van der Waals surface area contributed by atoms with Crippen molar-refractivity contribution in [1.82, 2.24) is 34.3 Å². The van der Waals surface area contributed by atoms with Gasteiger partial charge in [-0.15, -0.1) is 0 Å². The molecule has 11 heteroatoms. The zero-order chi connectivity index (χ0) is 27.8. The molecule has 204 valence electrons. The van der Waals surface area contributed by atoms with E-state index in [1.54, 1.807) is 18.2 Å². The SMILES string of the molecule is CCN1CCN(C(=O)c2ccc(Nc3ncc(F)c(-c4cc(F)c5nc(C)n(C(C)C)c5c4)n3)nc2)C[C@@H]1C. The molecule has 1 N–H and O–H groups in total. The van der Waals surface area contributed by atoms with Gasteiger partial charge in [-0.3, -0.25) is 9.69 Å². The highest BCUT2D eigenvalue weighted by atomic mass is 19.1. The summed E-state index contributed by atoms with van der Waals surface area (Å²) in [5.74, 6) is -0.139. The molecule has 3 aromatic heterocycles. The number of hydrogen-bond donors (Lipinski definition) is 1. The monoisotopic (exact) mass is 534 g/mol. The van der Waals surface area contributed by atoms with Crippen molar-refractivity contribution >= 4 is 28.7 Å². The average molecular weight is 535 g/mol. The van der Waals surface area contributed by atoms with E-state index in [4.69, 9.17) is 0 Å². The van der Waals surface area contributed by atoms with E-state index in [0.717, 1.165) is 19.3 Å². The van der Waals surface area contributed by atoms with Gasteiger partial charge < -0.3 is 14.8 Å². The van der Waals surface area contributed by atoms with Crippen LogP contribution in [0.25, 0.3) is 22.3 Å². The van der Waals surface area contributed by atoms with Crippen molar-refractivity contribution in [1.29, 1.82) is 0 Å². The minimum atomic E-state index is -0.682. The summed E-state index contributed by atoms with van der Waals surface area (Å²) in [5, 5.41) is 2.95. The number of halogens is 2. The van der Waals surface area contributed by atoms with E-state index in [2.05, 4.69) is 44.0 Å². The number of carbonyl (C=O) groups excluding carboxylic acids is 1. The maximum absolute atomic E-state index is 15.0. The topological polar surface area (TPSA) is 92.1 Å². The minimum absolute atomic E-state index is 0.0439. The molecule has 0 radical (unpaired) electrons. The van der Waals surface area contributed by atoms with E-state index >= 15 is 0 Å². The van der Waals surface area contributed by atoms with Crippen LogP contribution in [0.1, 0.15) is 49.9 Å². The molecule has 1 aliphatic rings. The number of amides is 1. The fourth-order valence-electron chi connectivity index (χ4n) is 5.23. The van der Waals surface area contributed by atoms with Crippen LogP contribution in [0.3, 0.4) is 0 Å². The van der Waals surface area contributed by atoms with Gasteiger partial charge in [0.05, 0.1) is 17.3 Å². The highest BCUT2D eigenvalue weighted by molar-refractivity contribution is 5.94. The van der Waals surface area contributed by atoms with E-state index < -0.39 is 11.6 Å². The van der Waals surface area contributed by atoms with Gasteiger partial charge in [0.1, 0.15) is 22.9 Å². The summed E-state index contributed by atoms with van der Waals surface area (Å²) in [6.45, 7) is 13.2. The van der Waals surface area contributed by atoms with E-state index in [1.807, 2.05) is 30.2 Å². The number of imidazole rings is 1. The second-order valence-electron chi connectivity index (χ2n) is 10.1. The van der Waals surface area contributed by atoms with Gasteiger partial charge in [0.15, 0.2) is 11.6 Å². The molecule has 0 spiro atoms. The Morgan fingerprint density at radius 2 is 1.90 bits per heavy atom. The third-order valence-corrected chi connectivity index (χ3v) is 7.17. The molecule has 1 fully saturated rings. The smallest absolute Gasteiger partial charge is 0.255 e. The molecular weight excluding hydrogens is 502 g/mol. The second-order valence-corrected chi connectivity index (χ2v) is 10.1. The van der Waals surface area contributed by atoms with Crippen molar-refractivity contribution in [2.45, 2.75) is 46.7 Å². The van der Waals surface area contributed by atoms with Crippen molar-refractivity contribution in [2.75, 3.05) is 31.5 Å². The maximum Gasteiger partial charge on any atom is 0.255 e. The Hall–Kier alpha value is -3.99. The van der Waals surface area contributed by atoms with Crippen molar-refractivity contribution in [3.63, 3.8) is 0 Å². The van der Waals surface area contributed by atoms with Gasteiger partial charge in [-0.1, -0.05) is 6.92 Å². The van der Waals surface area contributed by atoms with Crippen LogP contribution in [0, 0.1) is 18.6 Å². The number of anilines is 2. The Kier molecular flexibility index (Phi) is 7.26. The molecule has 5 rings (SSSR count). The largest absolute Gasteiger partial charge is 0.336 e. The van der Waals surface area contributed by atoms with Crippen LogP contribution in [0.4, 0.5) is 20.5 Å². The molecule has 0 aliphatic carbocycles. The van der Waals surface area contributed by atoms with E-state index in [-0.39, 0.29) is 34.7 Å². The van der Waals surface area contributed by atoms with Crippen molar-refractivity contribution in [2.24, 2.45) is 0 Å². The average Bonchev–Trinajstić information content (AvgIpc) is 3.26. The normalized spacial score (nSPS) is 16.3. The molecule has 9 nitrogen and oxygen atoms in total. The van der Waals surface area contributed by atoms with E-state index in [0.29, 0.717) is 41.9 Å². The van der Waals surface area contributed by atoms with Gasteiger partial charge >= 0.3 is 0 Å². The number of likely N-dealkylation sites (N-methyl/N-ethyl adjacent to an activating group) is 1. The van der Waals surface area contributed by atoms with E-state index in [9.17, 15) is 13.6 Å². The van der Waals surface area contributed by atoms with Crippen LogP contribution in [0.15, 0.2) is 36.7 Å². The Bertz CT molecular complexity index is 1520. The molecule has 1 saturated heterocycles. The summed E-state index contributed by atoms with van der Waals surface area (Å²) >= 11 is 0. The lowest BCUT2D eigenvalue weighted by Crippen LogP contribution is -2.53. The predicted octanol–water partition coefficient (Wildman–Crippen LogP) is 4.97. The summed E-state index contributed by atoms with van der Waals surface area (Å²) in [6.07, 6.45) is 2.54. The van der Waals surface area contributed by atoms with Gasteiger partial charge in [-0.05, 0) is 58.5 Å². The summed E-state index contributed by atoms with van der Waals surface area (Å²) in [5.41, 5.74) is 1.51. The predicted molar refractivity (Wildman–Crippen MR) is 146 cm³/mol. The van der Waals surface area contributed by atoms with Crippen LogP contribution < -0.4 is 5.32 Å². The number of piperazine rings is 1. The number of pyridine rings is 1. The number of nitrogens with zero attached hydrogens (tertiary/aromatic N) is 7. The van der Waals surface area contributed by atoms with Gasteiger partial charge in [-0.2, -0.15) is 0 Å². The highest BCUT2D eigenvalue weighted by Crippen LogP contribution is 2.30. The Labute approximate surface area is 225 Å². The standard InChI is InChI=1S/C28H32F2N8O/c1-6-36-9-10-37(15-17(36)4)27(39)19-7-8-24(31-13-19)34-28-32-14-22(30)25(35-28)20-11-21(29)26-23(12-20)38(16(2)3)18(5)33-26/h7-8,11-14,16-17H,6,9-10,15H2,1-5H3,(H,31,32,34,35)/t17-/m0/s1. The number of fused-ring (bicyclic) bond motifs is 1. The van der Waals surface area contributed by atoms with Crippen molar-refractivity contribution in [3.8, 4) is 11.3 Å². The Morgan fingerprint density at radius 1 is 1.10 bits per heavy atom. The summed E-state index contributed by atoms with van der Waals surface area (Å²) in [4.78, 5) is 34.2. The summed E-state index contributed by atoms with van der Waals surface area (Å²) in [6, 6.07) is 6.61. The van der Waals surface area contributed by atoms with Gasteiger partial charge in [0, 0.05) is 43.5 Å². The molecule has 0 unspecified atom stereocenters. The first-order valence-corrected chi connectivity index (χ1v) is 13.1. The number of aryl methyl sites for hydroxylation is 1. The van der Waals surface area contributed by atoms with Gasteiger partial charge in [0.2, 0.25) is 5.95 Å². The van der Waals surface area contributed by atoms with Crippen LogP contribution in [0.5, 0.6) is 0 Å². The molecule has 0 bridgehead atoms. The van der Waals surface area contributed by atoms with Crippen molar-refractivity contribution in [3.05, 3.63) is 59.7 Å².